The van der Waals surface area contributed by atoms with E-state index in [0.29, 0.717) is 28.8 Å². The number of carbonyl (C=O) groups excluding carboxylic acids is 1. The van der Waals surface area contributed by atoms with E-state index in [4.69, 9.17) is 21.1 Å². The molecule has 0 spiro atoms. The van der Waals surface area contributed by atoms with Crippen LogP contribution in [-0.4, -0.2) is 20.3 Å². The van der Waals surface area contributed by atoms with E-state index in [1.165, 1.54) is 0 Å². The highest BCUT2D eigenvalue weighted by molar-refractivity contribution is 6.30. The number of methoxy groups -OCH3 is 2. The first-order valence-corrected chi connectivity index (χ1v) is 7.01. The molecular weight excluding hydrogens is 304 g/mol. The lowest BCUT2D eigenvalue weighted by molar-refractivity contribution is 0.251. The summed E-state index contributed by atoms with van der Waals surface area (Å²) in [5.41, 5.74) is 1.54. The first-order valence-electron chi connectivity index (χ1n) is 6.63. The van der Waals surface area contributed by atoms with E-state index in [-0.39, 0.29) is 6.03 Å². The van der Waals surface area contributed by atoms with E-state index < -0.39 is 0 Å². The van der Waals surface area contributed by atoms with E-state index in [9.17, 15) is 4.79 Å². The van der Waals surface area contributed by atoms with Crippen molar-refractivity contribution >= 4 is 23.3 Å². The SMILES string of the molecule is COc1ccc(CNC(=O)Nc2cccc(Cl)c2)cc1OC. The van der Waals surface area contributed by atoms with Crippen molar-refractivity contribution in [3.05, 3.63) is 53.1 Å². The summed E-state index contributed by atoms with van der Waals surface area (Å²) in [6.45, 7) is 0.368. The molecule has 0 bridgehead atoms. The average Bonchev–Trinajstić information content (AvgIpc) is 2.52. The highest BCUT2D eigenvalue weighted by atomic mass is 35.5. The minimum atomic E-state index is -0.308. The van der Waals surface area contributed by atoms with Crippen LogP contribution in [0, 0.1) is 0 Å². The van der Waals surface area contributed by atoms with Crippen molar-refractivity contribution in [2.75, 3.05) is 19.5 Å². The molecule has 2 aromatic rings. The Kier molecular flexibility index (Phi) is 5.49. The molecular formula is C16H17ClN2O3. The summed E-state index contributed by atoms with van der Waals surface area (Å²) in [7, 11) is 3.15. The molecule has 0 saturated carbocycles. The van der Waals surface area contributed by atoms with Gasteiger partial charge >= 0.3 is 6.03 Å². The van der Waals surface area contributed by atoms with Crippen molar-refractivity contribution in [2.45, 2.75) is 6.54 Å². The van der Waals surface area contributed by atoms with Gasteiger partial charge in [-0.1, -0.05) is 23.7 Å². The molecule has 2 N–H and O–H groups in total. The van der Waals surface area contributed by atoms with Gasteiger partial charge in [0.25, 0.3) is 0 Å². The third-order valence-corrected chi connectivity index (χ3v) is 3.22. The van der Waals surface area contributed by atoms with Crippen LogP contribution in [0.4, 0.5) is 10.5 Å². The van der Waals surface area contributed by atoms with Crippen LogP contribution in [0.1, 0.15) is 5.56 Å². The number of amides is 2. The number of benzene rings is 2. The highest BCUT2D eigenvalue weighted by Gasteiger charge is 2.06. The molecule has 0 unspecified atom stereocenters. The maximum absolute atomic E-state index is 11.9. The summed E-state index contributed by atoms with van der Waals surface area (Å²) in [5, 5.41) is 6.05. The molecule has 0 aromatic heterocycles. The first kappa shape index (κ1) is 16.0. The van der Waals surface area contributed by atoms with Crippen molar-refractivity contribution in [2.24, 2.45) is 0 Å². The Hall–Kier alpha value is -2.40. The fraction of sp³-hybridized carbons (Fsp3) is 0.188. The molecule has 0 aliphatic heterocycles. The van der Waals surface area contributed by atoms with E-state index in [1.807, 2.05) is 12.1 Å². The summed E-state index contributed by atoms with van der Waals surface area (Å²) in [4.78, 5) is 11.9. The number of nitrogens with one attached hydrogen (secondary N) is 2. The second kappa shape index (κ2) is 7.56. The molecule has 0 atom stereocenters. The largest absolute Gasteiger partial charge is 0.493 e. The lowest BCUT2D eigenvalue weighted by Gasteiger charge is -2.11. The van der Waals surface area contributed by atoms with Crippen LogP contribution >= 0.6 is 11.6 Å². The molecule has 0 aliphatic rings. The number of rotatable bonds is 5. The number of anilines is 1. The summed E-state index contributed by atoms with van der Waals surface area (Å²) in [6.07, 6.45) is 0. The maximum atomic E-state index is 11.9. The van der Waals surface area contributed by atoms with E-state index in [1.54, 1.807) is 44.6 Å². The van der Waals surface area contributed by atoms with E-state index >= 15 is 0 Å². The second-order valence-electron chi connectivity index (χ2n) is 4.51. The minimum absolute atomic E-state index is 0.308. The van der Waals surface area contributed by atoms with Gasteiger partial charge in [0.15, 0.2) is 11.5 Å². The number of hydrogen-bond acceptors (Lipinski definition) is 3. The molecule has 0 radical (unpaired) electrons. The fourth-order valence-corrected chi connectivity index (χ4v) is 2.10. The van der Waals surface area contributed by atoms with Crippen LogP contribution in [0.3, 0.4) is 0 Å². The summed E-state index contributed by atoms with van der Waals surface area (Å²) in [5.74, 6) is 1.27. The standard InChI is InChI=1S/C16H17ClN2O3/c1-21-14-7-6-11(8-15(14)22-2)10-18-16(20)19-13-5-3-4-12(17)9-13/h3-9H,10H2,1-2H3,(H2,18,19,20). The lowest BCUT2D eigenvalue weighted by atomic mass is 10.2. The van der Waals surface area contributed by atoms with Gasteiger partial charge in [0.1, 0.15) is 0 Å². The second-order valence-corrected chi connectivity index (χ2v) is 4.94. The van der Waals surface area contributed by atoms with Gasteiger partial charge in [0.2, 0.25) is 0 Å². The molecule has 0 fully saturated rings. The van der Waals surface area contributed by atoms with Crippen LogP contribution in [0.25, 0.3) is 0 Å². The van der Waals surface area contributed by atoms with Gasteiger partial charge in [-0.3, -0.25) is 0 Å². The molecule has 2 rings (SSSR count). The smallest absolute Gasteiger partial charge is 0.319 e. The topological polar surface area (TPSA) is 59.6 Å². The molecule has 22 heavy (non-hydrogen) atoms. The first-order chi connectivity index (χ1) is 10.6. The monoisotopic (exact) mass is 320 g/mol. The van der Waals surface area contributed by atoms with Gasteiger partial charge in [0.05, 0.1) is 14.2 Å². The van der Waals surface area contributed by atoms with Gasteiger partial charge in [-0.15, -0.1) is 0 Å². The Morgan fingerprint density at radius 2 is 1.86 bits per heavy atom. The van der Waals surface area contributed by atoms with Gasteiger partial charge < -0.3 is 20.1 Å². The zero-order chi connectivity index (χ0) is 15.9. The number of urea groups is 1. The van der Waals surface area contributed by atoms with Crippen molar-refractivity contribution in [3.8, 4) is 11.5 Å². The summed E-state index contributed by atoms with van der Waals surface area (Å²) < 4.78 is 10.4. The third kappa shape index (κ3) is 4.30. The Morgan fingerprint density at radius 1 is 1.09 bits per heavy atom. The van der Waals surface area contributed by atoms with Crippen LogP contribution in [0.2, 0.25) is 5.02 Å². The Labute approximate surface area is 134 Å². The minimum Gasteiger partial charge on any atom is -0.493 e. The number of halogens is 1. The average molecular weight is 321 g/mol. The Morgan fingerprint density at radius 3 is 2.55 bits per heavy atom. The van der Waals surface area contributed by atoms with Gasteiger partial charge in [0, 0.05) is 17.3 Å². The predicted molar refractivity (Wildman–Crippen MR) is 86.9 cm³/mol. The maximum Gasteiger partial charge on any atom is 0.319 e. The van der Waals surface area contributed by atoms with E-state index in [2.05, 4.69) is 10.6 Å². The molecule has 2 amide bonds. The molecule has 0 aliphatic carbocycles. The zero-order valence-corrected chi connectivity index (χ0v) is 13.1. The molecule has 2 aromatic carbocycles. The molecule has 116 valence electrons. The summed E-state index contributed by atoms with van der Waals surface area (Å²) >= 11 is 5.87. The van der Waals surface area contributed by atoms with Crippen molar-refractivity contribution in [1.29, 1.82) is 0 Å². The number of carbonyl (C=O) groups is 1. The van der Waals surface area contributed by atoms with Crippen molar-refractivity contribution < 1.29 is 14.3 Å². The molecule has 0 saturated heterocycles. The van der Waals surface area contributed by atoms with Crippen molar-refractivity contribution in [3.63, 3.8) is 0 Å². The normalized spacial score (nSPS) is 9.95. The van der Waals surface area contributed by atoms with Crippen LogP contribution in [0.5, 0.6) is 11.5 Å². The van der Waals surface area contributed by atoms with Gasteiger partial charge in [-0.05, 0) is 35.9 Å². The van der Waals surface area contributed by atoms with Crippen molar-refractivity contribution in [1.82, 2.24) is 5.32 Å². The van der Waals surface area contributed by atoms with Crippen LogP contribution < -0.4 is 20.1 Å². The fourth-order valence-electron chi connectivity index (χ4n) is 1.91. The zero-order valence-electron chi connectivity index (χ0n) is 12.4. The van der Waals surface area contributed by atoms with Crippen LogP contribution in [-0.2, 0) is 6.54 Å². The molecule has 5 nitrogen and oxygen atoms in total. The Bertz CT molecular complexity index is 662. The quantitative estimate of drug-likeness (QED) is 0.883. The lowest BCUT2D eigenvalue weighted by Crippen LogP contribution is -2.28. The van der Waals surface area contributed by atoms with Gasteiger partial charge in [-0.2, -0.15) is 0 Å². The molecule has 6 heteroatoms. The van der Waals surface area contributed by atoms with Crippen LogP contribution in [0.15, 0.2) is 42.5 Å². The summed E-state index contributed by atoms with van der Waals surface area (Å²) in [6, 6.07) is 12.1. The molecule has 0 heterocycles. The van der Waals surface area contributed by atoms with Gasteiger partial charge in [-0.25, -0.2) is 4.79 Å². The Balaban J connectivity index is 1.93. The predicted octanol–water partition coefficient (Wildman–Crippen LogP) is 3.68. The van der Waals surface area contributed by atoms with E-state index in [0.717, 1.165) is 5.56 Å². The number of ether oxygens (including phenoxy) is 2. The number of hydrogen-bond donors (Lipinski definition) is 2. The third-order valence-electron chi connectivity index (χ3n) is 2.98. The highest BCUT2D eigenvalue weighted by Crippen LogP contribution is 2.27.